The fraction of sp³-hybridized carbons (Fsp3) is 0.524. The molecule has 27 heavy (non-hydrogen) atoms. The molecule has 1 fully saturated rings. The van der Waals surface area contributed by atoms with Gasteiger partial charge in [0.1, 0.15) is 11.9 Å². The zero-order valence-corrected chi connectivity index (χ0v) is 18.5. The van der Waals surface area contributed by atoms with Crippen LogP contribution in [0.2, 0.25) is 10.0 Å². The third-order valence-electron chi connectivity index (χ3n) is 4.09. The highest BCUT2D eigenvalue weighted by Gasteiger charge is 2.24. The Hall–Kier alpha value is -0.810. The molecule has 0 aliphatic heterocycles. The van der Waals surface area contributed by atoms with Gasteiger partial charge < -0.3 is 9.84 Å². The summed E-state index contributed by atoms with van der Waals surface area (Å²) >= 11 is 13.6. The van der Waals surface area contributed by atoms with Crippen molar-refractivity contribution >= 4 is 34.5 Å². The first-order chi connectivity index (χ1) is 13.0. The minimum absolute atomic E-state index is 0.313. The van der Waals surface area contributed by atoms with Crippen LogP contribution in [-0.2, 0) is 6.42 Å². The number of aryl methyl sites for hydroxylation is 2. The minimum atomic E-state index is -0.656. The average molecular weight is 435 g/mol. The van der Waals surface area contributed by atoms with E-state index in [0.717, 1.165) is 13.5 Å². The first-order valence-corrected chi connectivity index (χ1v) is 10.8. The predicted molar refractivity (Wildman–Crippen MR) is 115 cm³/mol. The molecule has 1 saturated carbocycles. The lowest BCUT2D eigenvalue weighted by Crippen LogP contribution is -2.09. The minimum Gasteiger partial charge on any atom is -0.493 e. The Labute approximate surface area is 176 Å². The first kappa shape index (κ1) is 24.2. The van der Waals surface area contributed by atoms with Gasteiger partial charge in [-0.15, -0.1) is 11.3 Å². The third-order valence-corrected chi connectivity index (χ3v) is 5.59. The van der Waals surface area contributed by atoms with Gasteiger partial charge >= 0.3 is 0 Å². The molecule has 0 spiro atoms. The molecule has 1 heterocycles. The van der Waals surface area contributed by atoms with Gasteiger partial charge in [0, 0.05) is 26.9 Å². The van der Waals surface area contributed by atoms with Gasteiger partial charge in [0.05, 0.1) is 6.61 Å². The highest BCUT2D eigenvalue weighted by Crippen LogP contribution is 2.30. The molecule has 2 atom stereocenters. The number of ether oxygens (including phenoxy) is 1. The van der Waals surface area contributed by atoms with Crippen LogP contribution in [0.15, 0.2) is 30.3 Å². The Bertz CT molecular complexity index is 643. The topological polar surface area (TPSA) is 29.5 Å². The molecule has 152 valence electrons. The molecule has 1 N–H and O–H groups in total. The van der Waals surface area contributed by atoms with E-state index in [-0.39, 0.29) is 0 Å². The number of aliphatic hydroxyl groups excluding tert-OH is 1. The summed E-state index contributed by atoms with van der Waals surface area (Å²) in [6, 6.07) is 9.51. The Morgan fingerprint density at radius 2 is 1.81 bits per heavy atom. The molecule has 2 aromatic rings. The van der Waals surface area contributed by atoms with Gasteiger partial charge in [-0.05, 0) is 68.9 Å². The molecule has 1 aromatic carbocycles. The lowest BCUT2D eigenvalue weighted by molar-refractivity contribution is 0.239. The summed E-state index contributed by atoms with van der Waals surface area (Å²) in [5.74, 6) is 0.965. The molecule has 2 nitrogen and oxygen atoms in total. The summed E-state index contributed by atoms with van der Waals surface area (Å²) < 4.78 is 18.5. The zero-order chi connectivity index (χ0) is 20.2. The Balaban J connectivity index is 0.000000282. The van der Waals surface area contributed by atoms with Crippen molar-refractivity contribution in [1.82, 2.24) is 0 Å². The van der Waals surface area contributed by atoms with E-state index in [2.05, 4.69) is 26.0 Å². The smallest absolute Gasteiger partial charge is 0.122 e. The standard InChI is InChI=1S/C12H13Cl2FO.C8H12S.CH4O/c13-9-4-10(14)6-12(5-9)16-7-8-1-2-11(15)3-8;1-3-4-8-6-5-7(2)9-8;1-2/h4-6,8,11H,1-3,7H2;5-6H,3-4H2,1-2H3;2H,1H3. The van der Waals surface area contributed by atoms with Gasteiger partial charge in [0.15, 0.2) is 0 Å². The molecule has 6 heteroatoms. The first-order valence-electron chi connectivity index (χ1n) is 9.19. The van der Waals surface area contributed by atoms with E-state index < -0.39 is 6.17 Å². The van der Waals surface area contributed by atoms with E-state index in [1.807, 2.05) is 11.3 Å². The third kappa shape index (κ3) is 9.79. The number of aliphatic hydroxyl groups is 1. The van der Waals surface area contributed by atoms with Crippen molar-refractivity contribution < 1.29 is 14.2 Å². The maximum Gasteiger partial charge on any atom is 0.122 e. The summed E-state index contributed by atoms with van der Waals surface area (Å²) in [5.41, 5.74) is 0. The number of hydrogen-bond donors (Lipinski definition) is 1. The number of halogens is 3. The van der Waals surface area contributed by atoms with E-state index in [9.17, 15) is 4.39 Å². The number of rotatable bonds is 5. The van der Waals surface area contributed by atoms with Crippen molar-refractivity contribution in [2.45, 2.75) is 52.1 Å². The van der Waals surface area contributed by atoms with E-state index in [4.69, 9.17) is 33.0 Å². The summed E-state index contributed by atoms with van der Waals surface area (Å²) in [6.45, 7) is 4.91. The second-order valence-corrected chi connectivity index (χ2v) is 8.70. The number of alkyl halides is 1. The molecule has 1 aromatic heterocycles. The lowest BCUT2D eigenvalue weighted by atomic mass is 10.1. The number of thiophene rings is 1. The van der Waals surface area contributed by atoms with Gasteiger partial charge in [-0.2, -0.15) is 0 Å². The average Bonchev–Trinajstić information content (AvgIpc) is 3.23. The molecular formula is C21H29Cl2FO2S. The molecular weight excluding hydrogens is 406 g/mol. The van der Waals surface area contributed by atoms with Crippen molar-refractivity contribution in [3.8, 4) is 5.75 Å². The molecule has 3 rings (SSSR count). The van der Waals surface area contributed by atoms with Crippen LogP contribution in [0, 0.1) is 12.8 Å². The van der Waals surface area contributed by atoms with Crippen LogP contribution in [0.1, 0.15) is 42.4 Å². The maximum absolute atomic E-state index is 12.9. The van der Waals surface area contributed by atoms with Crippen molar-refractivity contribution in [1.29, 1.82) is 0 Å². The van der Waals surface area contributed by atoms with Gasteiger partial charge in [-0.1, -0.05) is 36.5 Å². The van der Waals surface area contributed by atoms with E-state index in [1.54, 1.807) is 18.2 Å². The summed E-state index contributed by atoms with van der Waals surface area (Å²) in [6.07, 6.45) is 4.02. The fourth-order valence-corrected chi connectivity index (χ4v) is 4.36. The molecule has 1 aliphatic carbocycles. The van der Waals surface area contributed by atoms with E-state index in [1.165, 1.54) is 22.6 Å². The SMILES string of the molecule is CCCc1ccc(C)s1.CO.FC1CCC(COc2cc(Cl)cc(Cl)c2)C1. The fourth-order valence-electron chi connectivity index (χ4n) is 2.86. The highest BCUT2D eigenvalue weighted by atomic mass is 35.5. The van der Waals surface area contributed by atoms with Crippen LogP contribution in [-0.4, -0.2) is 25.0 Å². The number of hydrogen-bond acceptors (Lipinski definition) is 3. The van der Waals surface area contributed by atoms with E-state index >= 15 is 0 Å². The molecule has 0 radical (unpaired) electrons. The van der Waals surface area contributed by atoms with Crippen molar-refractivity contribution in [3.05, 3.63) is 50.1 Å². The number of benzene rings is 1. The van der Waals surface area contributed by atoms with Crippen LogP contribution < -0.4 is 4.74 Å². The van der Waals surface area contributed by atoms with Gasteiger partial charge in [0.25, 0.3) is 0 Å². The van der Waals surface area contributed by atoms with Crippen LogP contribution in [0.4, 0.5) is 4.39 Å². The summed E-state index contributed by atoms with van der Waals surface area (Å²) in [5, 5.41) is 8.11. The summed E-state index contributed by atoms with van der Waals surface area (Å²) in [4.78, 5) is 2.95. The van der Waals surface area contributed by atoms with Crippen molar-refractivity contribution in [3.63, 3.8) is 0 Å². The second-order valence-electron chi connectivity index (χ2n) is 6.45. The molecule has 2 unspecified atom stereocenters. The Morgan fingerprint density at radius 1 is 1.15 bits per heavy atom. The quantitative estimate of drug-likeness (QED) is 0.541. The molecule has 0 amide bonds. The lowest BCUT2D eigenvalue weighted by Gasteiger charge is -2.11. The van der Waals surface area contributed by atoms with Gasteiger partial charge in [-0.25, -0.2) is 4.39 Å². The highest BCUT2D eigenvalue weighted by molar-refractivity contribution is 7.11. The van der Waals surface area contributed by atoms with Crippen LogP contribution in [0.3, 0.4) is 0 Å². The molecule has 0 saturated heterocycles. The zero-order valence-electron chi connectivity index (χ0n) is 16.2. The van der Waals surface area contributed by atoms with Crippen LogP contribution >= 0.6 is 34.5 Å². The molecule has 1 aliphatic rings. The second kappa shape index (κ2) is 13.4. The summed E-state index contributed by atoms with van der Waals surface area (Å²) in [7, 11) is 1.00. The van der Waals surface area contributed by atoms with E-state index in [0.29, 0.717) is 41.2 Å². The van der Waals surface area contributed by atoms with Gasteiger partial charge in [-0.3, -0.25) is 0 Å². The normalized spacial score (nSPS) is 18.2. The van der Waals surface area contributed by atoms with Crippen molar-refractivity contribution in [2.75, 3.05) is 13.7 Å². The van der Waals surface area contributed by atoms with Crippen molar-refractivity contribution in [2.24, 2.45) is 5.92 Å². The Morgan fingerprint density at radius 3 is 2.30 bits per heavy atom. The maximum atomic E-state index is 12.9. The predicted octanol–water partition coefficient (Wildman–Crippen LogP) is 7.13. The van der Waals surface area contributed by atoms with Gasteiger partial charge in [0.2, 0.25) is 0 Å². The van der Waals surface area contributed by atoms with Crippen LogP contribution in [0.25, 0.3) is 0 Å². The van der Waals surface area contributed by atoms with Crippen LogP contribution in [0.5, 0.6) is 5.75 Å². The largest absolute Gasteiger partial charge is 0.493 e. The Kier molecular flexibility index (Phi) is 12.0. The molecule has 0 bridgehead atoms. The monoisotopic (exact) mass is 434 g/mol.